The molecule has 1 aliphatic heterocycles. The Labute approximate surface area is 102 Å². The van der Waals surface area contributed by atoms with Gasteiger partial charge in [-0.1, -0.05) is 12.1 Å². The number of ether oxygens (including phenoxy) is 2. The molecule has 0 spiro atoms. The highest BCUT2D eigenvalue weighted by Gasteiger charge is 2.24. The van der Waals surface area contributed by atoms with Crippen molar-refractivity contribution < 1.29 is 9.47 Å². The highest BCUT2D eigenvalue weighted by atomic mass is 16.5. The van der Waals surface area contributed by atoms with E-state index in [9.17, 15) is 0 Å². The van der Waals surface area contributed by atoms with Crippen molar-refractivity contribution in [1.82, 2.24) is 0 Å². The second-order valence-corrected chi connectivity index (χ2v) is 4.22. The number of para-hydroxylation sites is 2. The topological polar surface area (TPSA) is 47.7 Å². The quantitative estimate of drug-likeness (QED) is 0.836. The lowest BCUT2D eigenvalue weighted by Gasteiger charge is -2.36. The van der Waals surface area contributed by atoms with E-state index in [2.05, 4.69) is 11.0 Å². The van der Waals surface area contributed by atoms with Crippen LogP contribution >= 0.6 is 0 Å². The number of methoxy groups -OCH3 is 1. The zero-order chi connectivity index (χ0) is 12.1. The number of nitrogens with two attached hydrogens (primary N) is 1. The summed E-state index contributed by atoms with van der Waals surface area (Å²) in [6.45, 7) is 3.16. The average Bonchev–Trinajstić information content (AvgIpc) is 2.36. The molecule has 0 fully saturated rings. The summed E-state index contributed by atoms with van der Waals surface area (Å²) in [5.41, 5.74) is 6.75. The predicted octanol–water partition coefficient (Wildman–Crippen LogP) is 1.25. The average molecular weight is 236 g/mol. The summed E-state index contributed by atoms with van der Waals surface area (Å²) in [5, 5.41) is 0. The Kier molecular flexibility index (Phi) is 4.23. The molecule has 0 aromatic heterocycles. The first-order chi connectivity index (χ1) is 8.35. The number of hydrogen-bond acceptors (Lipinski definition) is 4. The molecule has 0 amide bonds. The van der Waals surface area contributed by atoms with E-state index in [4.69, 9.17) is 15.2 Å². The van der Waals surface area contributed by atoms with E-state index in [1.54, 1.807) is 7.11 Å². The fourth-order valence-corrected chi connectivity index (χ4v) is 2.13. The summed E-state index contributed by atoms with van der Waals surface area (Å²) >= 11 is 0. The molecule has 4 heteroatoms. The minimum atomic E-state index is 0.187. The molecule has 2 N–H and O–H groups in total. The number of benzene rings is 1. The van der Waals surface area contributed by atoms with E-state index in [0.717, 1.165) is 37.6 Å². The van der Waals surface area contributed by atoms with Crippen molar-refractivity contribution >= 4 is 5.69 Å². The van der Waals surface area contributed by atoms with Gasteiger partial charge in [0.15, 0.2) is 0 Å². The van der Waals surface area contributed by atoms with Crippen LogP contribution in [-0.4, -0.2) is 39.5 Å². The number of rotatable bonds is 5. The third-order valence-electron chi connectivity index (χ3n) is 2.98. The van der Waals surface area contributed by atoms with Crippen molar-refractivity contribution in [2.45, 2.75) is 12.5 Å². The third kappa shape index (κ3) is 2.90. The Morgan fingerprint density at radius 1 is 1.47 bits per heavy atom. The highest BCUT2D eigenvalue weighted by molar-refractivity contribution is 5.60. The minimum Gasteiger partial charge on any atom is -0.486 e. The standard InChI is InChI=1S/C13H20N2O2/c1-16-9-8-15-10-11(6-7-14)17-13-5-3-2-4-12(13)15/h2-5,11H,6-10,14H2,1H3. The van der Waals surface area contributed by atoms with Crippen LogP contribution in [0, 0.1) is 0 Å². The first-order valence-corrected chi connectivity index (χ1v) is 6.04. The van der Waals surface area contributed by atoms with Gasteiger partial charge in [0.05, 0.1) is 18.8 Å². The van der Waals surface area contributed by atoms with Gasteiger partial charge in [-0.15, -0.1) is 0 Å². The van der Waals surface area contributed by atoms with Crippen molar-refractivity contribution in [2.24, 2.45) is 5.73 Å². The first kappa shape index (κ1) is 12.2. The molecule has 94 valence electrons. The Morgan fingerprint density at radius 3 is 3.06 bits per heavy atom. The Balaban J connectivity index is 2.13. The molecule has 1 aliphatic rings. The SMILES string of the molecule is COCCN1CC(CCN)Oc2ccccc21. The van der Waals surface area contributed by atoms with Crippen LogP contribution in [0.1, 0.15) is 6.42 Å². The maximum Gasteiger partial charge on any atom is 0.143 e. The maximum absolute atomic E-state index is 5.92. The summed E-state index contributed by atoms with van der Waals surface area (Å²) in [4.78, 5) is 2.31. The summed E-state index contributed by atoms with van der Waals surface area (Å²) in [6.07, 6.45) is 1.07. The first-order valence-electron chi connectivity index (χ1n) is 6.04. The lowest BCUT2D eigenvalue weighted by Crippen LogP contribution is -2.42. The van der Waals surface area contributed by atoms with Gasteiger partial charge in [0.25, 0.3) is 0 Å². The smallest absolute Gasteiger partial charge is 0.143 e. The molecule has 1 unspecified atom stereocenters. The molecule has 17 heavy (non-hydrogen) atoms. The molecule has 2 rings (SSSR count). The van der Waals surface area contributed by atoms with Gasteiger partial charge in [0.2, 0.25) is 0 Å². The van der Waals surface area contributed by atoms with E-state index in [0.29, 0.717) is 6.54 Å². The van der Waals surface area contributed by atoms with Crippen LogP contribution in [0.5, 0.6) is 5.75 Å². The molecule has 4 nitrogen and oxygen atoms in total. The van der Waals surface area contributed by atoms with Crippen LogP contribution in [0.4, 0.5) is 5.69 Å². The van der Waals surface area contributed by atoms with Gasteiger partial charge in [0.1, 0.15) is 11.9 Å². The molecule has 1 aromatic carbocycles. The molecule has 0 aliphatic carbocycles. The van der Waals surface area contributed by atoms with Gasteiger partial charge in [-0.05, 0) is 25.1 Å². The normalized spacial score (nSPS) is 18.7. The summed E-state index contributed by atoms with van der Waals surface area (Å²) in [5.74, 6) is 0.952. The number of nitrogens with zero attached hydrogens (tertiary/aromatic N) is 1. The molecular weight excluding hydrogens is 216 g/mol. The molecular formula is C13H20N2O2. The van der Waals surface area contributed by atoms with E-state index >= 15 is 0 Å². The molecule has 0 bridgehead atoms. The van der Waals surface area contributed by atoms with Gasteiger partial charge in [-0.25, -0.2) is 0 Å². The van der Waals surface area contributed by atoms with Crippen LogP contribution in [0.3, 0.4) is 0 Å². The van der Waals surface area contributed by atoms with Crippen molar-refractivity contribution in [3.63, 3.8) is 0 Å². The van der Waals surface area contributed by atoms with Gasteiger partial charge in [-0.2, -0.15) is 0 Å². The number of fused-ring (bicyclic) bond motifs is 1. The van der Waals surface area contributed by atoms with Crippen molar-refractivity contribution in [3.8, 4) is 5.75 Å². The van der Waals surface area contributed by atoms with Gasteiger partial charge in [-0.3, -0.25) is 0 Å². The van der Waals surface area contributed by atoms with Crippen molar-refractivity contribution in [3.05, 3.63) is 24.3 Å². The number of hydrogen-bond donors (Lipinski definition) is 1. The van der Waals surface area contributed by atoms with Crippen LogP contribution in [0.2, 0.25) is 0 Å². The zero-order valence-corrected chi connectivity index (χ0v) is 10.3. The van der Waals surface area contributed by atoms with E-state index < -0.39 is 0 Å². The minimum absolute atomic E-state index is 0.187. The molecule has 0 radical (unpaired) electrons. The lowest BCUT2D eigenvalue weighted by molar-refractivity contribution is 0.172. The summed E-state index contributed by atoms with van der Waals surface area (Å²) in [7, 11) is 1.73. The van der Waals surface area contributed by atoms with Gasteiger partial charge >= 0.3 is 0 Å². The van der Waals surface area contributed by atoms with Crippen LogP contribution < -0.4 is 15.4 Å². The Hall–Kier alpha value is -1.26. The van der Waals surface area contributed by atoms with Gasteiger partial charge < -0.3 is 20.1 Å². The molecule has 0 saturated heterocycles. The van der Waals surface area contributed by atoms with Crippen molar-refractivity contribution in [1.29, 1.82) is 0 Å². The van der Waals surface area contributed by atoms with Crippen LogP contribution in [-0.2, 0) is 4.74 Å². The van der Waals surface area contributed by atoms with Crippen molar-refractivity contribution in [2.75, 3.05) is 38.3 Å². The predicted molar refractivity (Wildman–Crippen MR) is 68.6 cm³/mol. The van der Waals surface area contributed by atoms with Crippen LogP contribution in [0.15, 0.2) is 24.3 Å². The van der Waals surface area contributed by atoms with E-state index in [1.807, 2.05) is 18.2 Å². The highest BCUT2D eigenvalue weighted by Crippen LogP contribution is 2.33. The number of anilines is 1. The molecule has 1 atom stereocenters. The third-order valence-corrected chi connectivity index (χ3v) is 2.98. The molecule has 0 saturated carbocycles. The second-order valence-electron chi connectivity index (χ2n) is 4.22. The van der Waals surface area contributed by atoms with E-state index in [1.165, 1.54) is 0 Å². The fourth-order valence-electron chi connectivity index (χ4n) is 2.13. The molecule has 1 aromatic rings. The Morgan fingerprint density at radius 2 is 2.29 bits per heavy atom. The monoisotopic (exact) mass is 236 g/mol. The zero-order valence-electron chi connectivity index (χ0n) is 10.3. The second kappa shape index (κ2) is 5.89. The van der Waals surface area contributed by atoms with Crippen LogP contribution in [0.25, 0.3) is 0 Å². The largest absolute Gasteiger partial charge is 0.486 e. The summed E-state index contributed by atoms with van der Waals surface area (Å²) in [6, 6.07) is 8.13. The lowest BCUT2D eigenvalue weighted by atomic mass is 10.1. The van der Waals surface area contributed by atoms with E-state index in [-0.39, 0.29) is 6.10 Å². The maximum atomic E-state index is 5.92. The summed E-state index contributed by atoms with van der Waals surface area (Å²) < 4.78 is 11.1. The fraction of sp³-hybridized carbons (Fsp3) is 0.538. The Bertz CT molecular complexity index is 357. The van der Waals surface area contributed by atoms with Gasteiger partial charge in [0, 0.05) is 13.7 Å². The molecule has 1 heterocycles.